The standard InChI is InChI=1S/C14H18FNO2/c1-10(16-6-2-3-7-16)14(15)11-4-5-12-13(8-11)18-9-17-12/h4-5,8,10,14H,2-3,6-7,9H2,1H3/t10-,14-/m0/s1. The molecule has 2 aliphatic heterocycles. The molecular formula is C14H18FNO2. The number of ether oxygens (including phenoxy) is 2. The summed E-state index contributed by atoms with van der Waals surface area (Å²) in [5.74, 6) is 1.36. The van der Waals surface area contributed by atoms with Crippen molar-refractivity contribution in [2.24, 2.45) is 0 Å². The minimum Gasteiger partial charge on any atom is -0.454 e. The lowest BCUT2D eigenvalue weighted by Crippen LogP contribution is -2.33. The van der Waals surface area contributed by atoms with Crippen LogP contribution in [0.25, 0.3) is 0 Å². The topological polar surface area (TPSA) is 21.7 Å². The molecule has 0 radical (unpaired) electrons. The number of likely N-dealkylation sites (tertiary alicyclic amines) is 1. The molecule has 0 unspecified atom stereocenters. The molecule has 0 aliphatic carbocycles. The number of hydrogen-bond acceptors (Lipinski definition) is 3. The third kappa shape index (κ3) is 2.05. The van der Waals surface area contributed by atoms with Gasteiger partial charge in [-0.05, 0) is 50.6 Å². The van der Waals surface area contributed by atoms with E-state index in [-0.39, 0.29) is 12.8 Å². The average molecular weight is 251 g/mol. The molecule has 3 rings (SSSR count). The van der Waals surface area contributed by atoms with Crippen molar-refractivity contribution in [2.75, 3.05) is 19.9 Å². The molecule has 2 aliphatic rings. The summed E-state index contributed by atoms with van der Waals surface area (Å²) < 4.78 is 25.0. The average Bonchev–Trinajstić information content (AvgIpc) is 3.06. The van der Waals surface area contributed by atoms with Crippen LogP contribution in [0.2, 0.25) is 0 Å². The predicted octanol–water partition coefficient (Wildman–Crippen LogP) is 2.91. The molecule has 1 saturated heterocycles. The second kappa shape index (κ2) is 4.76. The zero-order valence-corrected chi connectivity index (χ0v) is 10.6. The van der Waals surface area contributed by atoms with Gasteiger partial charge in [0.05, 0.1) is 0 Å². The SMILES string of the molecule is C[C@@H]([C@H](F)c1ccc2c(c1)OCO2)N1CCCC1. The van der Waals surface area contributed by atoms with E-state index in [1.807, 2.05) is 6.92 Å². The maximum absolute atomic E-state index is 14.5. The van der Waals surface area contributed by atoms with Crippen molar-refractivity contribution >= 4 is 0 Å². The van der Waals surface area contributed by atoms with Gasteiger partial charge in [-0.25, -0.2) is 4.39 Å². The van der Waals surface area contributed by atoms with Gasteiger partial charge in [-0.1, -0.05) is 6.07 Å². The highest BCUT2D eigenvalue weighted by atomic mass is 19.1. The van der Waals surface area contributed by atoms with Crippen LogP contribution >= 0.6 is 0 Å². The molecule has 4 heteroatoms. The molecule has 98 valence electrons. The Labute approximate surface area is 106 Å². The minimum absolute atomic E-state index is 0.0760. The lowest BCUT2D eigenvalue weighted by molar-refractivity contribution is 0.147. The van der Waals surface area contributed by atoms with Crippen LogP contribution in [-0.4, -0.2) is 30.8 Å². The van der Waals surface area contributed by atoms with Gasteiger partial charge < -0.3 is 9.47 Å². The number of hydrogen-bond donors (Lipinski definition) is 0. The van der Waals surface area contributed by atoms with E-state index >= 15 is 0 Å². The fourth-order valence-electron chi connectivity index (χ4n) is 2.70. The summed E-state index contributed by atoms with van der Waals surface area (Å²) in [5, 5.41) is 0. The van der Waals surface area contributed by atoms with Crippen LogP contribution in [0.5, 0.6) is 11.5 Å². The first kappa shape index (κ1) is 11.8. The Morgan fingerprint density at radius 1 is 1.17 bits per heavy atom. The molecule has 0 amide bonds. The van der Waals surface area contributed by atoms with Crippen molar-refractivity contribution in [3.63, 3.8) is 0 Å². The zero-order valence-electron chi connectivity index (χ0n) is 10.6. The second-order valence-corrected chi connectivity index (χ2v) is 5.00. The van der Waals surface area contributed by atoms with Crippen molar-refractivity contribution in [3.05, 3.63) is 23.8 Å². The third-order valence-corrected chi connectivity index (χ3v) is 3.86. The second-order valence-electron chi connectivity index (χ2n) is 5.00. The summed E-state index contributed by atoms with van der Waals surface area (Å²) in [6, 6.07) is 5.28. The van der Waals surface area contributed by atoms with Crippen molar-refractivity contribution in [1.82, 2.24) is 4.90 Å². The van der Waals surface area contributed by atoms with Crippen LogP contribution < -0.4 is 9.47 Å². The first-order valence-electron chi connectivity index (χ1n) is 6.53. The normalized spacial score (nSPS) is 22.1. The van der Waals surface area contributed by atoms with Gasteiger partial charge in [0.25, 0.3) is 0 Å². The van der Waals surface area contributed by atoms with Crippen LogP contribution in [0.15, 0.2) is 18.2 Å². The molecule has 1 aromatic rings. The van der Waals surface area contributed by atoms with Gasteiger partial charge in [0.1, 0.15) is 6.17 Å². The summed E-state index contributed by atoms with van der Waals surface area (Å²) in [4.78, 5) is 2.22. The van der Waals surface area contributed by atoms with E-state index in [2.05, 4.69) is 4.90 Å². The van der Waals surface area contributed by atoms with Gasteiger partial charge in [-0.2, -0.15) is 0 Å². The van der Waals surface area contributed by atoms with E-state index in [4.69, 9.17) is 9.47 Å². The summed E-state index contributed by atoms with van der Waals surface area (Å²) in [6.07, 6.45) is 1.38. The van der Waals surface area contributed by atoms with Gasteiger partial charge in [0.15, 0.2) is 11.5 Å². The lowest BCUT2D eigenvalue weighted by Gasteiger charge is -2.27. The monoisotopic (exact) mass is 251 g/mol. The number of nitrogens with zero attached hydrogens (tertiary/aromatic N) is 1. The lowest BCUT2D eigenvalue weighted by atomic mass is 10.0. The molecule has 2 heterocycles. The Bertz CT molecular complexity index is 432. The fourth-order valence-corrected chi connectivity index (χ4v) is 2.70. The molecule has 1 aromatic carbocycles. The van der Waals surface area contributed by atoms with Gasteiger partial charge in [0, 0.05) is 6.04 Å². The quantitative estimate of drug-likeness (QED) is 0.824. The van der Waals surface area contributed by atoms with Crippen LogP contribution in [0, 0.1) is 0 Å². The molecule has 0 N–H and O–H groups in total. The summed E-state index contributed by atoms with van der Waals surface area (Å²) >= 11 is 0. The van der Waals surface area contributed by atoms with E-state index in [1.165, 1.54) is 12.8 Å². The fraction of sp³-hybridized carbons (Fsp3) is 0.571. The molecule has 1 fully saturated rings. The van der Waals surface area contributed by atoms with Gasteiger partial charge >= 0.3 is 0 Å². The summed E-state index contributed by atoms with van der Waals surface area (Å²) in [7, 11) is 0. The van der Waals surface area contributed by atoms with Gasteiger partial charge in [-0.3, -0.25) is 4.90 Å². The third-order valence-electron chi connectivity index (χ3n) is 3.86. The molecule has 18 heavy (non-hydrogen) atoms. The van der Waals surface area contributed by atoms with Crippen LogP contribution in [0.3, 0.4) is 0 Å². The first-order chi connectivity index (χ1) is 8.75. The smallest absolute Gasteiger partial charge is 0.231 e. The maximum atomic E-state index is 14.5. The number of rotatable bonds is 3. The number of halogens is 1. The summed E-state index contributed by atoms with van der Waals surface area (Å²) in [6.45, 7) is 4.20. The Balaban J connectivity index is 1.77. The van der Waals surface area contributed by atoms with E-state index in [9.17, 15) is 4.39 Å². The Kier molecular flexibility index (Phi) is 3.12. The molecular weight excluding hydrogens is 233 g/mol. The largest absolute Gasteiger partial charge is 0.454 e. The Morgan fingerprint density at radius 3 is 2.67 bits per heavy atom. The van der Waals surface area contributed by atoms with Crippen LogP contribution in [0.1, 0.15) is 31.5 Å². The maximum Gasteiger partial charge on any atom is 0.231 e. The minimum atomic E-state index is -0.974. The van der Waals surface area contributed by atoms with E-state index in [0.29, 0.717) is 17.1 Å². The Morgan fingerprint density at radius 2 is 1.89 bits per heavy atom. The number of alkyl halides is 1. The molecule has 3 nitrogen and oxygen atoms in total. The number of fused-ring (bicyclic) bond motifs is 1. The van der Waals surface area contributed by atoms with Crippen LogP contribution in [0.4, 0.5) is 4.39 Å². The molecule has 0 spiro atoms. The molecule has 0 saturated carbocycles. The summed E-state index contributed by atoms with van der Waals surface area (Å²) in [5.41, 5.74) is 0.679. The van der Waals surface area contributed by atoms with Crippen LogP contribution in [-0.2, 0) is 0 Å². The van der Waals surface area contributed by atoms with Crippen molar-refractivity contribution in [3.8, 4) is 11.5 Å². The molecule has 0 aromatic heterocycles. The predicted molar refractivity (Wildman–Crippen MR) is 66.7 cm³/mol. The van der Waals surface area contributed by atoms with Gasteiger partial charge in [-0.15, -0.1) is 0 Å². The molecule has 2 atom stereocenters. The van der Waals surface area contributed by atoms with Crippen molar-refractivity contribution < 1.29 is 13.9 Å². The Hall–Kier alpha value is -1.29. The van der Waals surface area contributed by atoms with E-state index in [1.54, 1.807) is 18.2 Å². The van der Waals surface area contributed by atoms with Crippen molar-refractivity contribution in [1.29, 1.82) is 0 Å². The first-order valence-corrected chi connectivity index (χ1v) is 6.53. The highest BCUT2D eigenvalue weighted by Crippen LogP contribution is 2.36. The zero-order chi connectivity index (χ0) is 12.5. The molecule has 0 bridgehead atoms. The van der Waals surface area contributed by atoms with Crippen molar-refractivity contribution in [2.45, 2.75) is 32.0 Å². The highest BCUT2D eigenvalue weighted by Gasteiger charge is 2.28. The van der Waals surface area contributed by atoms with E-state index < -0.39 is 6.17 Å². The van der Waals surface area contributed by atoms with E-state index in [0.717, 1.165) is 13.1 Å². The highest BCUT2D eigenvalue weighted by molar-refractivity contribution is 5.45. The van der Waals surface area contributed by atoms with Gasteiger partial charge in [0.2, 0.25) is 6.79 Å². The number of benzene rings is 1.